The van der Waals surface area contributed by atoms with E-state index in [4.69, 9.17) is 4.74 Å². The lowest BCUT2D eigenvalue weighted by Gasteiger charge is -2.27. The number of fused-ring (bicyclic) bond motifs is 1. The second-order valence-corrected chi connectivity index (χ2v) is 7.48. The Labute approximate surface area is 172 Å². The number of aromatic amines is 1. The Morgan fingerprint density at radius 1 is 1.10 bits per heavy atom. The van der Waals surface area contributed by atoms with Gasteiger partial charge in [-0.25, -0.2) is 4.39 Å². The molecular weight excluding hydrogens is 383 g/mol. The van der Waals surface area contributed by atoms with Crippen LogP contribution in [0.25, 0.3) is 11.3 Å². The molecule has 0 unspecified atom stereocenters. The van der Waals surface area contributed by atoms with Gasteiger partial charge in [0.2, 0.25) is 5.95 Å². The maximum atomic E-state index is 13.4. The molecular formula is C22H21FN6O. The molecule has 1 atom stereocenters. The van der Waals surface area contributed by atoms with E-state index >= 15 is 0 Å². The molecule has 5 rings (SSSR count). The predicted molar refractivity (Wildman–Crippen MR) is 111 cm³/mol. The minimum absolute atomic E-state index is 0.135. The van der Waals surface area contributed by atoms with Crippen molar-refractivity contribution in [2.24, 2.45) is 0 Å². The zero-order chi connectivity index (χ0) is 20.7. The molecule has 2 N–H and O–H groups in total. The Balaban J connectivity index is 1.51. The predicted octanol–water partition coefficient (Wildman–Crippen LogP) is 4.29. The molecule has 2 aromatic carbocycles. The van der Waals surface area contributed by atoms with E-state index in [0.29, 0.717) is 19.2 Å². The molecule has 2 aromatic heterocycles. The van der Waals surface area contributed by atoms with Crippen molar-refractivity contribution in [1.82, 2.24) is 25.0 Å². The number of ether oxygens (including phenoxy) is 1. The number of aryl methyl sites for hydroxylation is 2. The van der Waals surface area contributed by atoms with Gasteiger partial charge in [-0.3, -0.25) is 9.67 Å². The second kappa shape index (κ2) is 7.38. The molecule has 1 aliphatic heterocycles. The van der Waals surface area contributed by atoms with Crippen LogP contribution in [-0.4, -0.2) is 31.6 Å². The van der Waals surface area contributed by atoms with Gasteiger partial charge in [-0.1, -0.05) is 24.3 Å². The largest absolute Gasteiger partial charge is 0.371 e. The van der Waals surface area contributed by atoms with E-state index in [-0.39, 0.29) is 11.9 Å². The first-order chi connectivity index (χ1) is 14.6. The molecule has 0 bridgehead atoms. The first kappa shape index (κ1) is 18.5. The summed E-state index contributed by atoms with van der Waals surface area (Å²) in [4.78, 5) is 0. The molecule has 4 aromatic rings. The van der Waals surface area contributed by atoms with Crippen LogP contribution in [0.15, 0.2) is 48.5 Å². The number of halogens is 1. The van der Waals surface area contributed by atoms with E-state index in [9.17, 15) is 4.39 Å². The Kier molecular flexibility index (Phi) is 4.55. The third-order valence-corrected chi connectivity index (χ3v) is 5.33. The highest BCUT2D eigenvalue weighted by atomic mass is 19.1. The molecule has 8 heteroatoms. The third kappa shape index (κ3) is 3.35. The second-order valence-electron chi connectivity index (χ2n) is 7.48. The fourth-order valence-electron chi connectivity index (χ4n) is 3.70. The Morgan fingerprint density at radius 2 is 1.93 bits per heavy atom. The van der Waals surface area contributed by atoms with Gasteiger partial charge in [0.15, 0.2) is 5.82 Å². The minimum Gasteiger partial charge on any atom is -0.371 e. The maximum absolute atomic E-state index is 13.4. The Hall–Kier alpha value is -3.52. The molecule has 152 valence electrons. The number of nitrogens with one attached hydrogen (secondary N) is 2. The molecule has 0 radical (unpaired) electrons. The van der Waals surface area contributed by atoms with Gasteiger partial charge >= 0.3 is 0 Å². The summed E-state index contributed by atoms with van der Waals surface area (Å²) in [7, 11) is 0. The van der Waals surface area contributed by atoms with Gasteiger partial charge in [0.25, 0.3) is 0 Å². The molecule has 30 heavy (non-hydrogen) atoms. The van der Waals surface area contributed by atoms with Crippen molar-refractivity contribution in [2.45, 2.75) is 26.5 Å². The summed E-state index contributed by atoms with van der Waals surface area (Å²) in [6.45, 7) is 4.87. The van der Waals surface area contributed by atoms with Crippen molar-refractivity contribution >= 4 is 11.6 Å². The van der Waals surface area contributed by atoms with Crippen molar-refractivity contribution in [3.8, 4) is 11.3 Å². The summed E-state index contributed by atoms with van der Waals surface area (Å²) in [5, 5.41) is 19.4. The number of anilines is 2. The lowest BCUT2D eigenvalue weighted by molar-refractivity contribution is 0.0670. The van der Waals surface area contributed by atoms with E-state index in [2.05, 4.69) is 37.8 Å². The Morgan fingerprint density at radius 3 is 2.70 bits per heavy atom. The van der Waals surface area contributed by atoms with Crippen molar-refractivity contribution < 1.29 is 9.13 Å². The average molecular weight is 404 g/mol. The lowest BCUT2D eigenvalue weighted by atomic mass is 10.1. The van der Waals surface area contributed by atoms with Crippen LogP contribution in [0.5, 0.6) is 0 Å². The molecule has 1 aliphatic rings. The monoisotopic (exact) mass is 404 g/mol. The zero-order valence-corrected chi connectivity index (χ0v) is 16.7. The van der Waals surface area contributed by atoms with Gasteiger partial charge in [0.1, 0.15) is 12.4 Å². The van der Waals surface area contributed by atoms with E-state index < -0.39 is 0 Å². The van der Waals surface area contributed by atoms with Crippen LogP contribution in [0.3, 0.4) is 0 Å². The van der Waals surface area contributed by atoms with Crippen LogP contribution >= 0.6 is 0 Å². The van der Waals surface area contributed by atoms with Crippen molar-refractivity contribution in [3.05, 3.63) is 77.0 Å². The zero-order valence-electron chi connectivity index (χ0n) is 16.7. The van der Waals surface area contributed by atoms with Gasteiger partial charge in [0, 0.05) is 16.9 Å². The smallest absolute Gasteiger partial charge is 0.229 e. The highest BCUT2D eigenvalue weighted by molar-refractivity contribution is 5.70. The highest BCUT2D eigenvalue weighted by Crippen LogP contribution is 2.32. The van der Waals surface area contributed by atoms with Crippen LogP contribution in [0.1, 0.15) is 28.7 Å². The molecule has 3 heterocycles. The highest BCUT2D eigenvalue weighted by Gasteiger charge is 2.27. The van der Waals surface area contributed by atoms with Crippen LogP contribution in [0, 0.1) is 19.7 Å². The summed E-state index contributed by atoms with van der Waals surface area (Å²) in [5.41, 5.74) is 5.84. The molecule has 0 fully saturated rings. The number of nitrogens with zero attached hydrogens (tertiary/aromatic N) is 4. The van der Waals surface area contributed by atoms with E-state index in [1.165, 1.54) is 12.1 Å². The average Bonchev–Trinajstić information content (AvgIpc) is 3.37. The number of aromatic nitrogens is 5. The maximum Gasteiger partial charge on any atom is 0.229 e. The van der Waals surface area contributed by atoms with Gasteiger partial charge in [-0.2, -0.15) is 5.10 Å². The van der Waals surface area contributed by atoms with Gasteiger partial charge in [0.05, 0.1) is 18.3 Å². The fourth-order valence-corrected chi connectivity index (χ4v) is 3.70. The van der Waals surface area contributed by atoms with Crippen LogP contribution in [-0.2, 0) is 11.3 Å². The molecule has 0 amide bonds. The SMILES string of the molecule is Cc1cc(-c2ccc(C)c(Nc3nnc4n3[C@H](c3ccc(F)cc3)COC4)c2)n[nH]1. The normalized spacial score (nSPS) is 15.8. The van der Waals surface area contributed by atoms with Gasteiger partial charge in [-0.15, -0.1) is 10.2 Å². The van der Waals surface area contributed by atoms with E-state index in [1.807, 2.05) is 30.5 Å². The van der Waals surface area contributed by atoms with Gasteiger partial charge in [-0.05, 0) is 49.2 Å². The first-order valence-electron chi connectivity index (χ1n) is 9.75. The lowest BCUT2D eigenvalue weighted by Crippen LogP contribution is -2.25. The van der Waals surface area contributed by atoms with E-state index in [1.54, 1.807) is 12.1 Å². The third-order valence-electron chi connectivity index (χ3n) is 5.33. The Bertz CT molecular complexity index is 1200. The topological polar surface area (TPSA) is 80.7 Å². The quantitative estimate of drug-likeness (QED) is 0.530. The van der Waals surface area contributed by atoms with Crippen molar-refractivity contribution in [1.29, 1.82) is 0 Å². The minimum atomic E-state index is -0.265. The van der Waals surface area contributed by atoms with E-state index in [0.717, 1.165) is 39.6 Å². The van der Waals surface area contributed by atoms with Crippen molar-refractivity contribution in [3.63, 3.8) is 0 Å². The number of hydrogen-bond acceptors (Lipinski definition) is 5. The van der Waals surface area contributed by atoms with Gasteiger partial charge < -0.3 is 10.1 Å². The fraction of sp³-hybridized carbons (Fsp3) is 0.227. The molecule has 0 spiro atoms. The van der Waals surface area contributed by atoms with Crippen molar-refractivity contribution in [2.75, 3.05) is 11.9 Å². The summed E-state index contributed by atoms with van der Waals surface area (Å²) < 4.78 is 21.1. The molecule has 7 nitrogen and oxygen atoms in total. The number of rotatable bonds is 4. The summed E-state index contributed by atoms with van der Waals surface area (Å²) in [6, 6.07) is 14.5. The summed E-state index contributed by atoms with van der Waals surface area (Å²) in [6.07, 6.45) is 0. The first-order valence-corrected chi connectivity index (χ1v) is 9.75. The number of H-pyrrole nitrogens is 1. The van der Waals surface area contributed by atoms with Crippen LogP contribution < -0.4 is 5.32 Å². The summed E-state index contributed by atoms with van der Waals surface area (Å²) >= 11 is 0. The molecule has 0 saturated heterocycles. The van der Waals surface area contributed by atoms with Crippen LogP contribution in [0.2, 0.25) is 0 Å². The summed E-state index contributed by atoms with van der Waals surface area (Å²) in [5.74, 6) is 1.09. The number of benzene rings is 2. The number of hydrogen-bond donors (Lipinski definition) is 2. The standard InChI is InChI=1S/C22H21FN6O/c1-13-3-4-16(19-9-14(2)25-26-19)10-18(13)24-22-28-27-21-12-30-11-20(29(21)22)15-5-7-17(23)8-6-15/h3-10,20H,11-12H2,1-2H3,(H,24,28)(H,25,26)/t20-/m0/s1. The molecule has 0 aliphatic carbocycles. The molecule has 0 saturated carbocycles. The van der Waals surface area contributed by atoms with Crippen LogP contribution in [0.4, 0.5) is 16.0 Å².